The number of hydrogen-bond acceptors (Lipinski definition) is 1. The molecule has 1 N–H and O–H groups in total. The average molecular weight is 411 g/mol. The second kappa shape index (κ2) is 8.76. The van der Waals surface area contributed by atoms with E-state index >= 15 is 0 Å². The topological polar surface area (TPSA) is 17.0 Å². The summed E-state index contributed by atoms with van der Waals surface area (Å²) < 4.78 is 29.3. The molecule has 0 aliphatic heterocycles. The fraction of sp³-hybridized carbons (Fsp3) is 0.167. The number of nitrogens with zero attached hydrogens (tertiary/aromatic N) is 1. The molecule has 0 radical (unpaired) electrons. The summed E-state index contributed by atoms with van der Waals surface area (Å²) in [5, 5.41) is 5.02. The van der Waals surface area contributed by atoms with Crippen molar-refractivity contribution in [3.8, 4) is 0 Å². The molecule has 1 heterocycles. The standard InChI is InChI=1S/C24H21ClF2N2/c25-22-5-3-6-23(27)21(22)16-29-15-18(20-4-1-2-7-24(20)29)14-28-13-12-17-8-10-19(26)11-9-17/h1-11,15,28H,12-14,16H2. The van der Waals surface area contributed by atoms with Gasteiger partial charge in [0.15, 0.2) is 0 Å². The molecular weight excluding hydrogens is 390 g/mol. The number of halogens is 3. The third kappa shape index (κ3) is 4.50. The molecule has 0 bridgehead atoms. The number of rotatable bonds is 7. The summed E-state index contributed by atoms with van der Waals surface area (Å²) in [5.74, 6) is -0.515. The predicted molar refractivity (Wildman–Crippen MR) is 114 cm³/mol. The highest BCUT2D eigenvalue weighted by Gasteiger charge is 2.12. The molecule has 0 aliphatic carbocycles. The van der Waals surface area contributed by atoms with Crippen LogP contribution < -0.4 is 5.32 Å². The number of hydrogen-bond donors (Lipinski definition) is 1. The van der Waals surface area contributed by atoms with Crippen LogP contribution in [0.3, 0.4) is 0 Å². The number of benzene rings is 3. The third-order valence-corrected chi connectivity index (χ3v) is 5.43. The lowest BCUT2D eigenvalue weighted by Gasteiger charge is -2.08. The first-order valence-electron chi connectivity index (χ1n) is 9.56. The highest BCUT2D eigenvalue weighted by Crippen LogP contribution is 2.26. The van der Waals surface area contributed by atoms with Crippen LogP contribution in [0.25, 0.3) is 10.9 Å². The Morgan fingerprint density at radius 1 is 0.897 bits per heavy atom. The van der Waals surface area contributed by atoms with E-state index in [1.54, 1.807) is 24.3 Å². The summed E-state index contributed by atoms with van der Waals surface area (Å²) in [4.78, 5) is 0. The maximum Gasteiger partial charge on any atom is 0.129 e. The van der Waals surface area contributed by atoms with Gasteiger partial charge in [-0.2, -0.15) is 0 Å². The largest absolute Gasteiger partial charge is 0.343 e. The molecule has 0 saturated heterocycles. The molecular formula is C24H21ClF2N2. The second-order valence-corrected chi connectivity index (χ2v) is 7.46. The van der Waals surface area contributed by atoms with E-state index in [9.17, 15) is 8.78 Å². The van der Waals surface area contributed by atoms with Crippen molar-refractivity contribution < 1.29 is 8.78 Å². The molecule has 0 spiro atoms. The quantitative estimate of drug-likeness (QED) is 0.372. The van der Waals surface area contributed by atoms with Crippen molar-refractivity contribution in [1.29, 1.82) is 0 Å². The van der Waals surface area contributed by atoms with Crippen LogP contribution in [0.15, 0.2) is 72.9 Å². The van der Waals surface area contributed by atoms with E-state index in [-0.39, 0.29) is 11.6 Å². The zero-order valence-corrected chi connectivity index (χ0v) is 16.6. The average Bonchev–Trinajstić information content (AvgIpc) is 3.07. The van der Waals surface area contributed by atoms with Crippen LogP contribution in [0.4, 0.5) is 8.78 Å². The molecule has 29 heavy (non-hydrogen) atoms. The Bertz CT molecular complexity index is 1100. The first kappa shape index (κ1) is 19.6. The highest BCUT2D eigenvalue weighted by atomic mass is 35.5. The molecule has 0 unspecified atom stereocenters. The summed E-state index contributed by atoms with van der Waals surface area (Å²) >= 11 is 6.22. The summed E-state index contributed by atoms with van der Waals surface area (Å²) in [6.45, 7) is 1.85. The molecule has 0 saturated carbocycles. The van der Waals surface area contributed by atoms with Crippen LogP contribution in [0.2, 0.25) is 5.02 Å². The van der Waals surface area contributed by atoms with E-state index in [4.69, 9.17) is 11.6 Å². The molecule has 0 amide bonds. The zero-order valence-electron chi connectivity index (χ0n) is 15.8. The Morgan fingerprint density at radius 3 is 2.48 bits per heavy atom. The molecule has 0 aliphatic rings. The van der Waals surface area contributed by atoms with Crippen molar-refractivity contribution in [2.75, 3.05) is 6.54 Å². The van der Waals surface area contributed by atoms with Gasteiger partial charge in [-0.05, 0) is 54.4 Å². The molecule has 0 fully saturated rings. The van der Waals surface area contributed by atoms with E-state index in [1.165, 1.54) is 18.2 Å². The summed E-state index contributed by atoms with van der Waals surface area (Å²) in [6.07, 6.45) is 2.88. The van der Waals surface area contributed by atoms with E-state index in [2.05, 4.69) is 17.6 Å². The Kier molecular flexibility index (Phi) is 5.93. The smallest absolute Gasteiger partial charge is 0.129 e. The van der Waals surface area contributed by atoms with Gasteiger partial charge in [-0.25, -0.2) is 8.78 Å². The van der Waals surface area contributed by atoms with Gasteiger partial charge < -0.3 is 9.88 Å². The number of para-hydroxylation sites is 1. The molecule has 4 aromatic rings. The fourth-order valence-corrected chi connectivity index (χ4v) is 3.78. The Balaban J connectivity index is 1.49. The molecule has 148 valence electrons. The maximum absolute atomic E-state index is 14.2. The second-order valence-electron chi connectivity index (χ2n) is 7.05. The van der Waals surface area contributed by atoms with Gasteiger partial charge in [-0.15, -0.1) is 0 Å². The summed E-state index contributed by atoms with van der Waals surface area (Å²) in [6, 6.07) is 19.4. The van der Waals surface area contributed by atoms with Crippen LogP contribution >= 0.6 is 11.6 Å². The lowest BCUT2D eigenvalue weighted by atomic mass is 10.1. The van der Waals surface area contributed by atoms with E-state index in [1.807, 2.05) is 22.8 Å². The first-order valence-corrected chi connectivity index (χ1v) is 9.94. The summed E-state index contributed by atoms with van der Waals surface area (Å²) in [7, 11) is 0. The minimum Gasteiger partial charge on any atom is -0.343 e. The SMILES string of the molecule is Fc1ccc(CCNCc2cn(Cc3c(F)cccc3Cl)c3ccccc23)cc1. The van der Waals surface area contributed by atoms with Crippen LogP contribution in [-0.2, 0) is 19.5 Å². The lowest BCUT2D eigenvalue weighted by Crippen LogP contribution is -2.16. The maximum atomic E-state index is 14.2. The normalized spacial score (nSPS) is 11.3. The molecule has 4 rings (SSSR count). The Morgan fingerprint density at radius 2 is 1.69 bits per heavy atom. The van der Waals surface area contributed by atoms with Crippen LogP contribution in [-0.4, -0.2) is 11.1 Å². The van der Waals surface area contributed by atoms with Crippen molar-refractivity contribution in [2.24, 2.45) is 0 Å². The van der Waals surface area contributed by atoms with Crippen LogP contribution in [0.1, 0.15) is 16.7 Å². The number of aromatic nitrogens is 1. The molecule has 1 aromatic heterocycles. The number of nitrogens with one attached hydrogen (secondary N) is 1. The molecule has 0 atom stereocenters. The van der Waals surface area contributed by atoms with Gasteiger partial charge in [0, 0.05) is 34.2 Å². The minimum atomic E-state index is -0.297. The van der Waals surface area contributed by atoms with Gasteiger partial charge in [0.1, 0.15) is 11.6 Å². The number of fused-ring (bicyclic) bond motifs is 1. The molecule has 5 heteroatoms. The molecule has 2 nitrogen and oxygen atoms in total. The Hall–Kier alpha value is -2.69. The van der Waals surface area contributed by atoms with Gasteiger partial charge in [0.25, 0.3) is 0 Å². The van der Waals surface area contributed by atoms with Gasteiger partial charge >= 0.3 is 0 Å². The predicted octanol–water partition coefficient (Wildman–Crippen LogP) is 5.95. The Labute approximate surface area is 173 Å². The van der Waals surface area contributed by atoms with Crippen molar-refractivity contribution in [2.45, 2.75) is 19.5 Å². The highest BCUT2D eigenvalue weighted by molar-refractivity contribution is 6.31. The van der Waals surface area contributed by atoms with Crippen molar-refractivity contribution in [3.05, 3.63) is 106 Å². The van der Waals surface area contributed by atoms with Crippen molar-refractivity contribution in [1.82, 2.24) is 9.88 Å². The van der Waals surface area contributed by atoms with Gasteiger partial charge in [-0.1, -0.05) is 48.0 Å². The van der Waals surface area contributed by atoms with E-state index < -0.39 is 0 Å². The molecule has 3 aromatic carbocycles. The fourth-order valence-electron chi connectivity index (χ4n) is 3.56. The van der Waals surface area contributed by atoms with Crippen molar-refractivity contribution >= 4 is 22.5 Å². The third-order valence-electron chi connectivity index (χ3n) is 5.08. The van der Waals surface area contributed by atoms with Crippen LogP contribution in [0, 0.1) is 11.6 Å². The van der Waals surface area contributed by atoms with Crippen molar-refractivity contribution in [3.63, 3.8) is 0 Å². The first-order chi connectivity index (χ1) is 14.1. The summed E-state index contributed by atoms with van der Waals surface area (Å²) in [5.41, 5.74) is 3.77. The minimum absolute atomic E-state index is 0.218. The lowest BCUT2D eigenvalue weighted by molar-refractivity contribution is 0.601. The van der Waals surface area contributed by atoms with E-state index in [0.717, 1.165) is 35.0 Å². The monoisotopic (exact) mass is 410 g/mol. The zero-order chi connectivity index (χ0) is 20.2. The van der Waals surface area contributed by atoms with Gasteiger partial charge in [0.05, 0.1) is 6.54 Å². The van der Waals surface area contributed by atoms with E-state index in [0.29, 0.717) is 23.7 Å². The van der Waals surface area contributed by atoms with Crippen LogP contribution in [0.5, 0.6) is 0 Å². The van der Waals surface area contributed by atoms with Gasteiger partial charge in [-0.3, -0.25) is 0 Å². The van der Waals surface area contributed by atoms with Gasteiger partial charge in [0.2, 0.25) is 0 Å².